The van der Waals surface area contributed by atoms with Crippen molar-refractivity contribution < 1.29 is 14.3 Å². The van der Waals surface area contributed by atoms with Crippen LogP contribution in [0.2, 0.25) is 0 Å². The van der Waals surface area contributed by atoms with Gasteiger partial charge in [-0.15, -0.1) is 0 Å². The molecule has 0 saturated carbocycles. The average Bonchev–Trinajstić information content (AvgIpc) is 2.72. The van der Waals surface area contributed by atoms with Crippen molar-refractivity contribution in [3.63, 3.8) is 0 Å². The molecular formula is C17H25FN2O2. The van der Waals surface area contributed by atoms with Crippen LogP contribution >= 0.6 is 0 Å². The van der Waals surface area contributed by atoms with Crippen LogP contribution in [0.4, 0.5) is 4.39 Å². The summed E-state index contributed by atoms with van der Waals surface area (Å²) in [6.07, 6.45) is 2.92. The van der Waals surface area contributed by atoms with E-state index in [1.165, 1.54) is 6.07 Å². The maximum atomic E-state index is 13.9. The van der Waals surface area contributed by atoms with E-state index in [0.29, 0.717) is 0 Å². The van der Waals surface area contributed by atoms with Gasteiger partial charge in [-0.3, -0.25) is 14.6 Å². The molecule has 1 aromatic rings. The Labute approximate surface area is 131 Å². The highest BCUT2D eigenvalue weighted by atomic mass is 19.1. The Morgan fingerprint density at radius 1 is 1.41 bits per heavy atom. The van der Waals surface area contributed by atoms with Crippen LogP contribution in [-0.4, -0.2) is 53.6 Å². The average molecular weight is 308 g/mol. The lowest BCUT2D eigenvalue weighted by Crippen LogP contribution is -2.37. The second-order valence-electron chi connectivity index (χ2n) is 6.13. The first-order chi connectivity index (χ1) is 10.5. The van der Waals surface area contributed by atoms with Gasteiger partial charge in [0.25, 0.3) is 0 Å². The van der Waals surface area contributed by atoms with E-state index < -0.39 is 5.97 Å². The van der Waals surface area contributed by atoms with Gasteiger partial charge in [0, 0.05) is 24.2 Å². The predicted molar refractivity (Wildman–Crippen MR) is 84.3 cm³/mol. The van der Waals surface area contributed by atoms with Crippen molar-refractivity contribution in [3.8, 4) is 0 Å². The topological polar surface area (TPSA) is 43.8 Å². The molecule has 0 aromatic heterocycles. The molecule has 1 aliphatic heterocycles. The minimum Gasteiger partial charge on any atom is -0.480 e. The molecule has 5 heteroatoms. The van der Waals surface area contributed by atoms with E-state index in [9.17, 15) is 9.18 Å². The first kappa shape index (κ1) is 16.9. The highest BCUT2D eigenvalue weighted by Gasteiger charge is 2.25. The van der Waals surface area contributed by atoms with Gasteiger partial charge in [-0.1, -0.05) is 18.2 Å². The summed E-state index contributed by atoms with van der Waals surface area (Å²) < 4.78 is 13.9. The molecule has 122 valence electrons. The first-order valence-electron chi connectivity index (χ1n) is 7.89. The number of nitrogens with zero attached hydrogens (tertiary/aromatic N) is 2. The number of likely N-dealkylation sites (tertiary alicyclic amines) is 1. The van der Waals surface area contributed by atoms with Crippen LogP contribution in [0.25, 0.3) is 0 Å². The van der Waals surface area contributed by atoms with Gasteiger partial charge >= 0.3 is 5.97 Å². The zero-order chi connectivity index (χ0) is 16.1. The Bertz CT molecular complexity index is 509. The Morgan fingerprint density at radius 3 is 2.82 bits per heavy atom. The Hall–Kier alpha value is -1.46. The standard InChI is InChI=1S/C17H25FN2O2/c1-13(15-7-3-4-8-16(15)18)20-10-5-6-14(9-11-20)19(2)12-17(21)22/h3-4,7-8,13-14H,5-6,9-12H2,1-2H3,(H,21,22). The van der Waals surface area contributed by atoms with Gasteiger partial charge in [-0.25, -0.2) is 4.39 Å². The summed E-state index contributed by atoms with van der Waals surface area (Å²) in [4.78, 5) is 15.1. The SMILES string of the molecule is CC(c1ccccc1F)N1CCCC(N(C)CC(=O)O)CC1. The fourth-order valence-corrected chi connectivity index (χ4v) is 3.28. The van der Waals surface area contributed by atoms with Gasteiger partial charge in [0.15, 0.2) is 0 Å². The molecule has 1 aliphatic rings. The lowest BCUT2D eigenvalue weighted by molar-refractivity contribution is -0.138. The smallest absolute Gasteiger partial charge is 0.317 e. The van der Waals surface area contributed by atoms with Crippen LogP contribution < -0.4 is 0 Å². The summed E-state index contributed by atoms with van der Waals surface area (Å²) in [7, 11) is 1.87. The number of likely N-dealkylation sites (N-methyl/N-ethyl adjacent to an activating group) is 1. The number of benzene rings is 1. The van der Waals surface area contributed by atoms with Gasteiger partial charge < -0.3 is 5.11 Å². The molecule has 1 fully saturated rings. The molecule has 1 saturated heterocycles. The number of halogens is 1. The molecule has 0 aliphatic carbocycles. The summed E-state index contributed by atoms with van der Waals surface area (Å²) in [5, 5.41) is 8.91. The third-order valence-corrected chi connectivity index (χ3v) is 4.64. The maximum absolute atomic E-state index is 13.9. The van der Waals surface area contributed by atoms with E-state index in [-0.39, 0.29) is 24.4 Å². The lowest BCUT2D eigenvalue weighted by Gasteiger charge is -2.29. The molecule has 1 N–H and O–H groups in total. The number of carboxylic acid groups (broad SMARTS) is 1. The number of aliphatic carboxylic acids is 1. The van der Waals surface area contributed by atoms with Gasteiger partial charge in [0.2, 0.25) is 0 Å². The monoisotopic (exact) mass is 308 g/mol. The molecule has 0 radical (unpaired) electrons. The zero-order valence-electron chi connectivity index (χ0n) is 13.3. The van der Waals surface area contributed by atoms with Crippen molar-refractivity contribution in [2.45, 2.75) is 38.3 Å². The molecule has 1 heterocycles. The van der Waals surface area contributed by atoms with Crippen LogP contribution in [0.1, 0.15) is 37.8 Å². The number of carbonyl (C=O) groups is 1. The van der Waals surface area contributed by atoms with Crippen molar-refractivity contribution in [3.05, 3.63) is 35.6 Å². The Balaban J connectivity index is 1.98. The van der Waals surface area contributed by atoms with Crippen LogP contribution in [0, 0.1) is 5.82 Å². The predicted octanol–water partition coefficient (Wildman–Crippen LogP) is 2.76. The number of carboxylic acids is 1. The summed E-state index contributed by atoms with van der Waals surface area (Å²) in [5.74, 6) is -0.942. The minimum absolute atomic E-state index is 0.0460. The van der Waals surface area contributed by atoms with Gasteiger partial charge in [0.05, 0.1) is 6.54 Å². The molecule has 22 heavy (non-hydrogen) atoms. The molecule has 1 aromatic carbocycles. The van der Waals surface area contributed by atoms with E-state index in [2.05, 4.69) is 4.90 Å². The molecule has 2 unspecified atom stereocenters. The normalized spacial score (nSPS) is 21.5. The van der Waals surface area contributed by atoms with Crippen molar-refractivity contribution >= 4 is 5.97 Å². The highest BCUT2D eigenvalue weighted by molar-refractivity contribution is 5.69. The molecular weight excluding hydrogens is 283 g/mol. The van der Waals surface area contributed by atoms with E-state index in [1.54, 1.807) is 6.07 Å². The summed E-state index contributed by atoms with van der Waals surface area (Å²) in [6, 6.07) is 7.27. The molecule has 4 nitrogen and oxygen atoms in total. The van der Waals surface area contributed by atoms with E-state index in [4.69, 9.17) is 5.11 Å². The molecule has 0 bridgehead atoms. The van der Waals surface area contributed by atoms with Crippen molar-refractivity contribution in [2.24, 2.45) is 0 Å². The quantitative estimate of drug-likeness (QED) is 0.908. The van der Waals surface area contributed by atoms with Crippen LogP contribution in [0.15, 0.2) is 24.3 Å². The number of rotatable bonds is 5. The van der Waals surface area contributed by atoms with Gasteiger partial charge in [-0.05, 0) is 45.8 Å². The minimum atomic E-state index is -0.789. The third kappa shape index (κ3) is 4.27. The highest BCUT2D eigenvalue weighted by Crippen LogP contribution is 2.26. The Kier molecular flexibility index (Phi) is 5.91. The second kappa shape index (κ2) is 7.70. The zero-order valence-corrected chi connectivity index (χ0v) is 13.3. The molecule has 2 atom stereocenters. The van der Waals surface area contributed by atoms with E-state index in [1.807, 2.05) is 31.0 Å². The second-order valence-corrected chi connectivity index (χ2v) is 6.13. The molecule has 0 amide bonds. The van der Waals surface area contributed by atoms with Crippen molar-refractivity contribution in [1.29, 1.82) is 0 Å². The van der Waals surface area contributed by atoms with Crippen molar-refractivity contribution in [1.82, 2.24) is 9.80 Å². The van der Waals surface area contributed by atoms with Crippen molar-refractivity contribution in [2.75, 3.05) is 26.7 Å². The van der Waals surface area contributed by atoms with Crippen LogP contribution in [-0.2, 0) is 4.79 Å². The van der Waals surface area contributed by atoms with Crippen LogP contribution in [0.5, 0.6) is 0 Å². The first-order valence-corrected chi connectivity index (χ1v) is 7.89. The number of hydrogen-bond donors (Lipinski definition) is 1. The fraction of sp³-hybridized carbons (Fsp3) is 0.588. The molecule has 2 rings (SSSR count). The van der Waals surface area contributed by atoms with E-state index >= 15 is 0 Å². The maximum Gasteiger partial charge on any atom is 0.317 e. The molecule has 0 spiro atoms. The Morgan fingerprint density at radius 2 is 2.14 bits per heavy atom. The van der Waals surface area contributed by atoms with Gasteiger partial charge in [-0.2, -0.15) is 0 Å². The summed E-state index contributed by atoms with van der Waals surface area (Å²) >= 11 is 0. The lowest BCUT2D eigenvalue weighted by atomic mass is 10.1. The largest absolute Gasteiger partial charge is 0.480 e. The van der Waals surface area contributed by atoms with E-state index in [0.717, 1.165) is 37.9 Å². The fourth-order valence-electron chi connectivity index (χ4n) is 3.28. The third-order valence-electron chi connectivity index (χ3n) is 4.64. The van der Waals surface area contributed by atoms with Gasteiger partial charge in [0.1, 0.15) is 5.82 Å². The van der Waals surface area contributed by atoms with Crippen LogP contribution in [0.3, 0.4) is 0 Å². The summed E-state index contributed by atoms with van der Waals surface area (Å²) in [5.41, 5.74) is 0.736. The summed E-state index contributed by atoms with van der Waals surface area (Å²) in [6.45, 7) is 3.91. The number of hydrogen-bond acceptors (Lipinski definition) is 3.